The molecular weight excluding hydrogens is 298 g/mol. The Morgan fingerprint density at radius 1 is 1.61 bits per heavy atom. The molecule has 0 saturated carbocycles. The van der Waals surface area contributed by atoms with E-state index in [-0.39, 0.29) is 12.5 Å². The minimum Gasteiger partial charge on any atom is -0.383 e. The van der Waals surface area contributed by atoms with Gasteiger partial charge in [0.25, 0.3) is 0 Å². The van der Waals surface area contributed by atoms with Crippen LogP contribution in [0.15, 0.2) is 16.7 Å². The minimum atomic E-state index is -0.0512. The Morgan fingerprint density at radius 3 is 3.00 bits per heavy atom. The Bertz CT molecular complexity index is 412. The van der Waals surface area contributed by atoms with Gasteiger partial charge in [0.15, 0.2) is 0 Å². The van der Waals surface area contributed by atoms with Gasteiger partial charge in [-0.2, -0.15) is 0 Å². The van der Waals surface area contributed by atoms with Crippen molar-refractivity contribution in [3.05, 3.63) is 22.3 Å². The van der Waals surface area contributed by atoms with Crippen LogP contribution in [0.3, 0.4) is 0 Å². The number of methoxy groups -OCH3 is 1. The van der Waals surface area contributed by atoms with Gasteiger partial charge >= 0.3 is 0 Å². The van der Waals surface area contributed by atoms with Gasteiger partial charge in [-0.1, -0.05) is 0 Å². The zero-order chi connectivity index (χ0) is 13.5. The fraction of sp³-hybridized carbons (Fsp3) is 0.500. The molecule has 0 aliphatic carbocycles. The van der Waals surface area contributed by atoms with E-state index in [4.69, 9.17) is 4.74 Å². The molecule has 6 heteroatoms. The smallest absolute Gasteiger partial charge is 0.239 e. The van der Waals surface area contributed by atoms with Crippen LogP contribution < -0.4 is 10.2 Å². The highest BCUT2D eigenvalue weighted by atomic mass is 79.9. The Kier molecular flexibility index (Phi) is 6.07. The van der Waals surface area contributed by atoms with Gasteiger partial charge in [-0.05, 0) is 34.5 Å². The molecule has 0 aliphatic heterocycles. The van der Waals surface area contributed by atoms with Gasteiger partial charge < -0.3 is 15.0 Å². The zero-order valence-electron chi connectivity index (χ0n) is 10.9. The summed E-state index contributed by atoms with van der Waals surface area (Å²) in [6.07, 6.45) is 1.73. The summed E-state index contributed by atoms with van der Waals surface area (Å²) in [6.45, 7) is 3.29. The van der Waals surface area contributed by atoms with Gasteiger partial charge in [0, 0.05) is 26.9 Å². The number of hydrogen-bond acceptors (Lipinski definition) is 4. The number of amides is 1. The number of aryl methyl sites for hydroxylation is 1. The first-order valence-electron chi connectivity index (χ1n) is 5.64. The number of pyridine rings is 1. The van der Waals surface area contributed by atoms with Gasteiger partial charge in [-0.25, -0.2) is 4.98 Å². The molecule has 18 heavy (non-hydrogen) atoms. The standard InChI is InChI=1S/C12H18BrN3O2/c1-9-4-5-15-12(11(9)13)16(2)8-10(17)14-6-7-18-3/h4-5H,6-8H2,1-3H3,(H,14,17). The SMILES string of the molecule is COCCNC(=O)CN(C)c1nccc(C)c1Br. The average molecular weight is 316 g/mol. The molecule has 0 atom stereocenters. The van der Waals surface area contributed by atoms with Gasteiger partial charge in [-0.15, -0.1) is 0 Å². The van der Waals surface area contributed by atoms with E-state index in [2.05, 4.69) is 26.2 Å². The second-order valence-electron chi connectivity index (χ2n) is 3.96. The number of carbonyl (C=O) groups is 1. The topological polar surface area (TPSA) is 54.5 Å². The molecule has 1 aromatic rings. The highest BCUT2D eigenvalue weighted by molar-refractivity contribution is 9.10. The molecule has 1 N–H and O–H groups in total. The van der Waals surface area contributed by atoms with Gasteiger partial charge in [0.2, 0.25) is 5.91 Å². The van der Waals surface area contributed by atoms with Gasteiger partial charge in [0.1, 0.15) is 5.82 Å². The van der Waals surface area contributed by atoms with Crippen molar-refractivity contribution in [2.75, 3.05) is 38.8 Å². The third kappa shape index (κ3) is 4.27. The van der Waals surface area contributed by atoms with Crippen molar-refractivity contribution in [3.63, 3.8) is 0 Å². The molecule has 1 aromatic heterocycles. The maximum atomic E-state index is 11.6. The highest BCUT2D eigenvalue weighted by Crippen LogP contribution is 2.25. The molecule has 0 saturated heterocycles. The predicted octanol–water partition coefficient (Wildman–Crippen LogP) is 1.35. The third-order valence-corrected chi connectivity index (χ3v) is 3.41. The quantitative estimate of drug-likeness (QED) is 0.805. The van der Waals surface area contributed by atoms with Crippen molar-refractivity contribution in [2.45, 2.75) is 6.92 Å². The van der Waals surface area contributed by atoms with Crippen molar-refractivity contribution in [1.29, 1.82) is 0 Å². The first-order valence-corrected chi connectivity index (χ1v) is 6.43. The summed E-state index contributed by atoms with van der Waals surface area (Å²) in [5, 5.41) is 2.77. The highest BCUT2D eigenvalue weighted by Gasteiger charge is 2.12. The number of nitrogens with one attached hydrogen (secondary N) is 1. The zero-order valence-corrected chi connectivity index (χ0v) is 12.5. The Morgan fingerprint density at radius 2 is 2.33 bits per heavy atom. The van der Waals surface area contributed by atoms with Crippen LogP contribution in [0, 0.1) is 6.92 Å². The Labute approximate surface area is 116 Å². The molecule has 0 bridgehead atoms. The molecule has 0 unspecified atom stereocenters. The lowest BCUT2D eigenvalue weighted by molar-refractivity contribution is -0.119. The lowest BCUT2D eigenvalue weighted by Crippen LogP contribution is -2.37. The van der Waals surface area contributed by atoms with E-state index in [1.54, 1.807) is 18.2 Å². The molecule has 1 rings (SSSR count). The van der Waals surface area contributed by atoms with Crippen LogP contribution >= 0.6 is 15.9 Å². The summed E-state index contributed by atoms with van der Waals surface area (Å²) in [6, 6.07) is 1.92. The summed E-state index contributed by atoms with van der Waals surface area (Å²) in [4.78, 5) is 17.7. The van der Waals surface area contributed by atoms with Gasteiger partial charge in [-0.3, -0.25) is 4.79 Å². The van der Waals surface area contributed by atoms with E-state index in [0.717, 1.165) is 15.9 Å². The summed E-state index contributed by atoms with van der Waals surface area (Å²) < 4.78 is 5.78. The van der Waals surface area contributed by atoms with Crippen molar-refractivity contribution >= 4 is 27.7 Å². The number of ether oxygens (including phenoxy) is 1. The van der Waals surface area contributed by atoms with Crippen LogP contribution in [-0.2, 0) is 9.53 Å². The molecule has 1 heterocycles. The Hall–Kier alpha value is -1.14. The van der Waals surface area contributed by atoms with Crippen LogP contribution in [0.5, 0.6) is 0 Å². The molecule has 0 aliphatic rings. The van der Waals surface area contributed by atoms with Crippen molar-refractivity contribution in [3.8, 4) is 0 Å². The molecule has 0 radical (unpaired) electrons. The number of nitrogens with zero attached hydrogens (tertiary/aromatic N) is 2. The second kappa shape index (κ2) is 7.33. The van der Waals surface area contributed by atoms with Crippen LogP contribution in [0.2, 0.25) is 0 Å². The summed E-state index contributed by atoms with van der Waals surface area (Å²) >= 11 is 3.48. The van der Waals surface area contributed by atoms with E-state index in [1.165, 1.54) is 0 Å². The largest absolute Gasteiger partial charge is 0.383 e. The normalized spacial score (nSPS) is 10.2. The number of hydrogen-bond donors (Lipinski definition) is 1. The van der Waals surface area contributed by atoms with Crippen molar-refractivity contribution in [2.24, 2.45) is 0 Å². The van der Waals surface area contributed by atoms with E-state index in [9.17, 15) is 4.79 Å². The van der Waals surface area contributed by atoms with Crippen LogP contribution in [0.25, 0.3) is 0 Å². The molecular formula is C12H18BrN3O2. The van der Waals surface area contributed by atoms with E-state index < -0.39 is 0 Å². The fourth-order valence-electron chi connectivity index (χ4n) is 1.43. The number of anilines is 1. The summed E-state index contributed by atoms with van der Waals surface area (Å²) in [7, 11) is 3.44. The molecule has 0 aromatic carbocycles. The molecule has 5 nitrogen and oxygen atoms in total. The summed E-state index contributed by atoms with van der Waals surface area (Å²) in [5.41, 5.74) is 1.09. The molecule has 100 valence electrons. The second-order valence-corrected chi connectivity index (χ2v) is 4.76. The van der Waals surface area contributed by atoms with E-state index >= 15 is 0 Å². The van der Waals surface area contributed by atoms with Crippen LogP contribution in [0.1, 0.15) is 5.56 Å². The fourth-order valence-corrected chi connectivity index (χ4v) is 1.97. The first kappa shape index (κ1) is 14.9. The number of carbonyl (C=O) groups excluding carboxylic acids is 1. The van der Waals surface area contributed by atoms with Crippen LogP contribution in [0.4, 0.5) is 5.82 Å². The van der Waals surface area contributed by atoms with E-state index in [1.807, 2.05) is 20.0 Å². The van der Waals surface area contributed by atoms with Crippen molar-refractivity contribution < 1.29 is 9.53 Å². The number of halogens is 1. The molecule has 0 spiro atoms. The maximum absolute atomic E-state index is 11.6. The van der Waals surface area contributed by atoms with Crippen LogP contribution in [-0.4, -0.2) is 44.7 Å². The average Bonchev–Trinajstić information content (AvgIpc) is 2.32. The lowest BCUT2D eigenvalue weighted by Gasteiger charge is -2.19. The number of rotatable bonds is 6. The molecule has 0 fully saturated rings. The third-order valence-electron chi connectivity index (χ3n) is 2.43. The first-order chi connectivity index (χ1) is 8.56. The monoisotopic (exact) mass is 315 g/mol. The Balaban J connectivity index is 2.57. The van der Waals surface area contributed by atoms with E-state index in [0.29, 0.717) is 13.2 Å². The lowest BCUT2D eigenvalue weighted by atomic mass is 10.3. The van der Waals surface area contributed by atoms with Crippen molar-refractivity contribution in [1.82, 2.24) is 10.3 Å². The minimum absolute atomic E-state index is 0.0512. The number of likely N-dealkylation sites (N-methyl/N-ethyl adjacent to an activating group) is 1. The maximum Gasteiger partial charge on any atom is 0.239 e. The predicted molar refractivity (Wildman–Crippen MR) is 74.8 cm³/mol. The number of aromatic nitrogens is 1. The summed E-state index contributed by atoms with van der Waals surface area (Å²) in [5.74, 6) is 0.710. The molecule has 1 amide bonds. The van der Waals surface area contributed by atoms with Gasteiger partial charge in [0.05, 0.1) is 17.6 Å².